The molecule has 1 aliphatic rings. The summed E-state index contributed by atoms with van der Waals surface area (Å²) in [4.78, 5) is 38.2. The van der Waals surface area contributed by atoms with Gasteiger partial charge in [-0.3, -0.25) is 9.59 Å². The van der Waals surface area contributed by atoms with E-state index < -0.39 is 24.5 Å². The van der Waals surface area contributed by atoms with Crippen molar-refractivity contribution in [3.05, 3.63) is 101 Å². The van der Waals surface area contributed by atoms with Gasteiger partial charge < -0.3 is 9.47 Å². The predicted molar refractivity (Wildman–Crippen MR) is 104 cm³/mol. The maximum absolute atomic E-state index is 13.0. The molecule has 0 N–H and O–H groups in total. The van der Waals surface area contributed by atoms with Crippen LogP contribution in [0.4, 0.5) is 4.39 Å². The fraction of sp³-hybridized carbons (Fsp3) is 0.0870. The molecule has 0 fully saturated rings. The fourth-order valence-electron chi connectivity index (χ4n) is 3.06. The smallest absolute Gasteiger partial charge is 0.343 e. The molecule has 7 heteroatoms. The molecule has 0 saturated carbocycles. The molecule has 4 rings (SSSR count). The number of carbonyl (C=O) groups excluding carboxylic acids is 3. The minimum atomic E-state index is -0.735. The van der Waals surface area contributed by atoms with Crippen LogP contribution in [0.3, 0.4) is 0 Å². The van der Waals surface area contributed by atoms with Crippen molar-refractivity contribution in [2.75, 3.05) is 6.73 Å². The van der Waals surface area contributed by atoms with Gasteiger partial charge in [-0.15, -0.1) is 0 Å². The number of esters is 1. The Kier molecular flexibility index (Phi) is 5.26. The summed E-state index contributed by atoms with van der Waals surface area (Å²) in [7, 11) is 0. The Morgan fingerprint density at radius 1 is 0.833 bits per heavy atom. The van der Waals surface area contributed by atoms with Crippen molar-refractivity contribution in [3.63, 3.8) is 0 Å². The second kappa shape index (κ2) is 8.16. The average molecular weight is 405 g/mol. The van der Waals surface area contributed by atoms with Gasteiger partial charge in [-0.05, 0) is 42.0 Å². The Bertz CT molecular complexity index is 1090. The third-order valence-electron chi connectivity index (χ3n) is 4.62. The molecule has 1 aliphatic heterocycles. The third kappa shape index (κ3) is 3.77. The summed E-state index contributed by atoms with van der Waals surface area (Å²) in [5.74, 6) is -1.83. The van der Waals surface area contributed by atoms with Crippen molar-refractivity contribution < 1.29 is 28.2 Å². The topological polar surface area (TPSA) is 72.9 Å². The van der Waals surface area contributed by atoms with E-state index in [1.807, 2.05) is 0 Å². The van der Waals surface area contributed by atoms with Gasteiger partial charge in [0.05, 0.1) is 11.1 Å². The molecule has 0 aromatic heterocycles. The summed E-state index contributed by atoms with van der Waals surface area (Å²) < 4.78 is 23.9. The lowest BCUT2D eigenvalue weighted by atomic mass is 10.1. The first kappa shape index (κ1) is 19.3. The lowest BCUT2D eigenvalue weighted by Crippen LogP contribution is -2.33. The van der Waals surface area contributed by atoms with Crippen molar-refractivity contribution in [2.24, 2.45) is 0 Å². The monoisotopic (exact) mass is 405 g/mol. The lowest BCUT2D eigenvalue weighted by molar-refractivity contribution is 0.0225. The number of carbonyl (C=O) groups is 3. The number of imide groups is 1. The molecule has 0 bridgehead atoms. The Balaban J connectivity index is 1.42. The van der Waals surface area contributed by atoms with Crippen molar-refractivity contribution >= 4 is 17.8 Å². The number of ether oxygens (including phenoxy) is 2. The molecule has 6 nitrogen and oxygen atoms in total. The normalized spacial score (nSPS) is 12.6. The van der Waals surface area contributed by atoms with Crippen molar-refractivity contribution in [2.45, 2.75) is 6.61 Å². The standard InChI is InChI=1S/C23H16FNO5/c24-16-11-9-15(10-12-16)13-29-20-8-4-3-7-19(20)23(28)30-14-25-21(26)17-5-1-2-6-18(17)22(25)27/h1-12H,13-14H2. The lowest BCUT2D eigenvalue weighted by Gasteiger charge is -2.15. The van der Waals surface area contributed by atoms with E-state index in [0.29, 0.717) is 0 Å². The summed E-state index contributed by atoms with van der Waals surface area (Å²) in [6.07, 6.45) is 0. The Labute approximate surface area is 171 Å². The van der Waals surface area contributed by atoms with Crippen LogP contribution in [0.2, 0.25) is 0 Å². The fourth-order valence-corrected chi connectivity index (χ4v) is 3.06. The summed E-state index contributed by atoms with van der Waals surface area (Å²) in [6, 6.07) is 18.7. The number of hydrogen-bond acceptors (Lipinski definition) is 5. The van der Waals surface area contributed by atoms with Crippen molar-refractivity contribution in [1.29, 1.82) is 0 Å². The highest BCUT2D eigenvalue weighted by atomic mass is 19.1. The summed E-state index contributed by atoms with van der Waals surface area (Å²) in [5, 5.41) is 0. The van der Waals surface area contributed by atoms with Gasteiger partial charge in [-0.2, -0.15) is 0 Å². The number of para-hydroxylation sites is 1. The van der Waals surface area contributed by atoms with Gasteiger partial charge in [-0.25, -0.2) is 14.1 Å². The molecular weight excluding hydrogens is 389 g/mol. The van der Waals surface area contributed by atoms with E-state index in [4.69, 9.17) is 9.47 Å². The molecule has 0 aliphatic carbocycles. The zero-order chi connectivity index (χ0) is 21.1. The molecule has 0 atom stereocenters. The highest BCUT2D eigenvalue weighted by molar-refractivity contribution is 6.21. The van der Waals surface area contributed by atoms with Gasteiger partial charge in [-0.1, -0.05) is 36.4 Å². The van der Waals surface area contributed by atoms with Crippen LogP contribution in [0, 0.1) is 5.82 Å². The maximum atomic E-state index is 13.0. The largest absolute Gasteiger partial charge is 0.488 e. The number of fused-ring (bicyclic) bond motifs is 1. The van der Waals surface area contributed by atoms with E-state index in [-0.39, 0.29) is 34.9 Å². The van der Waals surface area contributed by atoms with E-state index in [1.54, 1.807) is 54.6 Å². The molecule has 3 aromatic carbocycles. The van der Waals surface area contributed by atoms with E-state index in [0.717, 1.165) is 10.5 Å². The van der Waals surface area contributed by atoms with Crippen molar-refractivity contribution in [1.82, 2.24) is 4.90 Å². The summed E-state index contributed by atoms with van der Waals surface area (Å²) >= 11 is 0. The molecule has 0 unspecified atom stereocenters. The van der Waals surface area contributed by atoms with E-state index >= 15 is 0 Å². The summed E-state index contributed by atoms with van der Waals surface area (Å²) in [5.41, 5.74) is 1.44. The Morgan fingerprint density at radius 3 is 2.10 bits per heavy atom. The van der Waals surface area contributed by atoms with E-state index in [2.05, 4.69) is 0 Å². The van der Waals surface area contributed by atoms with Gasteiger partial charge >= 0.3 is 5.97 Å². The van der Waals surface area contributed by atoms with Crippen molar-refractivity contribution in [3.8, 4) is 5.75 Å². The minimum Gasteiger partial charge on any atom is -0.488 e. The first-order chi connectivity index (χ1) is 14.5. The second-order valence-electron chi connectivity index (χ2n) is 6.56. The number of hydrogen-bond donors (Lipinski definition) is 0. The number of nitrogens with zero attached hydrogens (tertiary/aromatic N) is 1. The zero-order valence-corrected chi connectivity index (χ0v) is 15.7. The third-order valence-corrected chi connectivity index (χ3v) is 4.62. The highest BCUT2D eigenvalue weighted by Gasteiger charge is 2.36. The molecule has 150 valence electrons. The van der Waals surface area contributed by atoms with Crippen LogP contribution < -0.4 is 4.74 Å². The van der Waals surface area contributed by atoms with E-state index in [1.165, 1.54) is 18.2 Å². The number of rotatable bonds is 6. The molecular formula is C23H16FNO5. The van der Waals surface area contributed by atoms with Gasteiger partial charge in [0.25, 0.3) is 11.8 Å². The van der Waals surface area contributed by atoms with Crippen LogP contribution in [0.15, 0.2) is 72.8 Å². The molecule has 0 spiro atoms. The van der Waals surface area contributed by atoms with Crippen LogP contribution in [-0.4, -0.2) is 29.4 Å². The molecule has 0 saturated heterocycles. The Morgan fingerprint density at radius 2 is 1.43 bits per heavy atom. The van der Waals surface area contributed by atoms with Crippen LogP contribution in [-0.2, 0) is 11.3 Å². The van der Waals surface area contributed by atoms with Crippen LogP contribution >= 0.6 is 0 Å². The molecule has 2 amide bonds. The van der Waals surface area contributed by atoms with Gasteiger partial charge in [0, 0.05) is 0 Å². The SMILES string of the molecule is O=C(OCN1C(=O)c2ccccc2C1=O)c1ccccc1OCc1ccc(F)cc1. The maximum Gasteiger partial charge on any atom is 0.343 e. The number of amides is 2. The Hall–Kier alpha value is -4.00. The average Bonchev–Trinajstić information content (AvgIpc) is 3.02. The molecule has 30 heavy (non-hydrogen) atoms. The van der Waals surface area contributed by atoms with E-state index in [9.17, 15) is 18.8 Å². The van der Waals surface area contributed by atoms with Crippen LogP contribution in [0.25, 0.3) is 0 Å². The minimum absolute atomic E-state index is 0.128. The first-order valence-electron chi connectivity index (χ1n) is 9.13. The first-order valence-corrected chi connectivity index (χ1v) is 9.13. The second-order valence-corrected chi connectivity index (χ2v) is 6.56. The van der Waals surface area contributed by atoms with Gasteiger partial charge in [0.1, 0.15) is 23.7 Å². The van der Waals surface area contributed by atoms with Crippen LogP contribution in [0.5, 0.6) is 5.75 Å². The molecule has 0 radical (unpaired) electrons. The quantitative estimate of drug-likeness (QED) is 0.461. The van der Waals surface area contributed by atoms with Gasteiger partial charge in [0.15, 0.2) is 6.73 Å². The zero-order valence-electron chi connectivity index (χ0n) is 15.7. The number of benzene rings is 3. The van der Waals surface area contributed by atoms with Crippen LogP contribution in [0.1, 0.15) is 36.6 Å². The van der Waals surface area contributed by atoms with Gasteiger partial charge in [0.2, 0.25) is 0 Å². The molecule has 1 heterocycles. The summed E-state index contributed by atoms with van der Waals surface area (Å²) in [6.45, 7) is -0.375. The molecule has 3 aromatic rings. The highest BCUT2D eigenvalue weighted by Crippen LogP contribution is 2.24. The predicted octanol–water partition coefficient (Wildman–Crippen LogP) is 3.82. The number of halogens is 1.